The van der Waals surface area contributed by atoms with E-state index < -0.39 is 6.10 Å². The van der Waals surface area contributed by atoms with Gasteiger partial charge in [0, 0.05) is 34.1 Å². The van der Waals surface area contributed by atoms with E-state index in [-0.39, 0.29) is 0 Å². The maximum Gasteiger partial charge on any atom is 0.127 e. The molecule has 0 radical (unpaired) electrons. The Kier molecular flexibility index (Phi) is 2.34. The highest BCUT2D eigenvalue weighted by atomic mass is 35.5. The first-order chi connectivity index (χ1) is 7.27. The van der Waals surface area contributed by atoms with E-state index in [1.54, 1.807) is 11.8 Å². The molecule has 15 heavy (non-hydrogen) atoms. The van der Waals surface area contributed by atoms with Gasteiger partial charge in [-0.05, 0) is 11.6 Å². The van der Waals surface area contributed by atoms with E-state index >= 15 is 0 Å². The predicted molar refractivity (Wildman–Crippen MR) is 61.8 cm³/mol. The van der Waals surface area contributed by atoms with Crippen molar-refractivity contribution in [2.45, 2.75) is 18.3 Å². The van der Waals surface area contributed by atoms with Crippen LogP contribution in [0.3, 0.4) is 0 Å². The third-order valence-electron chi connectivity index (χ3n) is 2.92. The number of hydrogen-bond donors (Lipinski definition) is 1. The van der Waals surface area contributed by atoms with Gasteiger partial charge in [0.1, 0.15) is 5.75 Å². The predicted octanol–water partition coefficient (Wildman–Crippen LogP) is 2.56. The molecule has 3 rings (SSSR count). The van der Waals surface area contributed by atoms with Crippen LogP contribution in [-0.4, -0.2) is 17.5 Å². The van der Waals surface area contributed by atoms with Crippen molar-refractivity contribution in [2.24, 2.45) is 0 Å². The summed E-state index contributed by atoms with van der Waals surface area (Å²) in [6, 6.07) is 1.95. The molecule has 4 heteroatoms. The Morgan fingerprint density at radius 3 is 3.27 bits per heavy atom. The van der Waals surface area contributed by atoms with Crippen molar-refractivity contribution in [3.63, 3.8) is 0 Å². The quantitative estimate of drug-likeness (QED) is 0.758. The highest BCUT2D eigenvalue weighted by Gasteiger charge is 2.28. The zero-order valence-electron chi connectivity index (χ0n) is 8.12. The van der Waals surface area contributed by atoms with Crippen LogP contribution >= 0.6 is 23.4 Å². The molecule has 0 spiro atoms. The lowest BCUT2D eigenvalue weighted by Gasteiger charge is -2.24. The van der Waals surface area contributed by atoms with Gasteiger partial charge in [0.15, 0.2) is 0 Å². The van der Waals surface area contributed by atoms with Crippen LogP contribution in [0.4, 0.5) is 0 Å². The number of aliphatic hydroxyl groups excluding tert-OH is 1. The topological polar surface area (TPSA) is 29.5 Å². The third-order valence-corrected chi connectivity index (χ3v) is 4.28. The second-order valence-electron chi connectivity index (χ2n) is 3.87. The lowest BCUT2D eigenvalue weighted by molar-refractivity contribution is 0.201. The minimum atomic E-state index is -0.444. The zero-order chi connectivity index (χ0) is 10.4. The second-order valence-corrected chi connectivity index (χ2v) is 5.31. The van der Waals surface area contributed by atoms with Crippen molar-refractivity contribution in [1.29, 1.82) is 0 Å². The Morgan fingerprint density at radius 1 is 1.53 bits per heavy atom. The molecule has 2 aliphatic heterocycles. The zero-order valence-corrected chi connectivity index (χ0v) is 9.70. The monoisotopic (exact) mass is 242 g/mol. The maximum atomic E-state index is 9.91. The smallest absolute Gasteiger partial charge is 0.127 e. The fourth-order valence-corrected chi connectivity index (χ4v) is 3.61. The van der Waals surface area contributed by atoms with Gasteiger partial charge in [-0.1, -0.05) is 11.6 Å². The normalized spacial score (nSPS) is 23.2. The van der Waals surface area contributed by atoms with Crippen LogP contribution in [-0.2, 0) is 12.2 Å². The van der Waals surface area contributed by atoms with Crippen LogP contribution < -0.4 is 4.74 Å². The Morgan fingerprint density at radius 2 is 2.40 bits per heavy atom. The van der Waals surface area contributed by atoms with E-state index in [2.05, 4.69) is 0 Å². The van der Waals surface area contributed by atoms with Crippen molar-refractivity contribution < 1.29 is 9.84 Å². The van der Waals surface area contributed by atoms with Gasteiger partial charge in [0.05, 0.1) is 12.7 Å². The van der Waals surface area contributed by atoms with Gasteiger partial charge in [-0.15, -0.1) is 0 Å². The van der Waals surface area contributed by atoms with Gasteiger partial charge in [0.2, 0.25) is 0 Å². The Balaban J connectivity index is 2.24. The molecule has 2 heterocycles. The number of aliphatic hydroxyl groups is 1. The van der Waals surface area contributed by atoms with E-state index in [1.165, 1.54) is 5.56 Å². The van der Waals surface area contributed by atoms with Gasteiger partial charge in [0.25, 0.3) is 0 Å². The number of fused-ring (bicyclic) bond motifs is 3. The van der Waals surface area contributed by atoms with E-state index in [0.717, 1.165) is 41.4 Å². The molecule has 0 fully saturated rings. The fraction of sp³-hybridized carbons (Fsp3) is 0.455. The summed E-state index contributed by atoms with van der Waals surface area (Å²) >= 11 is 7.93. The molecule has 0 aliphatic carbocycles. The molecule has 80 valence electrons. The summed E-state index contributed by atoms with van der Waals surface area (Å²) in [4.78, 5) is 0. The van der Waals surface area contributed by atoms with Crippen LogP contribution in [0, 0.1) is 0 Å². The molecule has 2 aliphatic rings. The molecular weight excluding hydrogens is 232 g/mol. The summed E-state index contributed by atoms with van der Waals surface area (Å²) in [6.45, 7) is 0.739. The molecule has 1 aromatic rings. The number of thioether (sulfide) groups is 1. The summed E-state index contributed by atoms with van der Waals surface area (Å²) in [5.41, 5.74) is 3.18. The third kappa shape index (κ3) is 1.45. The molecule has 0 saturated carbocycles. The largest absolute Gasteiger partial charge is 0.493 e. The van der Waals surface area contributed by atoms with Gasteiger partial charge >= 0.3 is 0 Å². The Hall–Kier alpha value is -0.380. The summed E-state index contributed by atoms with van der Waals surface area (Å²) < 4.78 is 5.62. The van der Waals surface area contributed by atoms with Crippen LogP contribution in [0.5, 0.6) is 5.75 Å². The minimum Gasteiger partial charge on any atom is -0.493 e. The molecule has 0 amide bonds. The Labute approximate surface area is 97.6 Å². The van der Waals surface area contributed by atoms with Crippen molar-refractivity contribution in [2.75, 3.05) is 12.4 Å². The molecule has 0 aromatic heterocycles. The van der Waals surface area contributed by atoms with Crippen LogP contribution in [0.25, 0.3) is 0 Å². The van der Waals surface area contributed by atoms with Crippen LogP contribution in [0.2, 0.25) is 5.02 Å². The van der Waals surface area contributed by atoms with E-state index in [9.17, 15) is 5.11 Å². The summed E-state index contributed by atoms with van der Waals surface area (Å²) in [5, 5.41) is 10.6. The molecule has 1 N–H and O–H groups in total. The molecule has 0 unspecified atom stereocenters. The van der Waals surface area contributed by atoms with Gasteiger partial charge in [-0.3, -0.25) is 0 Å². The summed E-state index contributed by atoms with van der Waals surface area (Å²) in [7, 11) is 0. The second kappa shape index (κ2) is 3.58. The SMILES string of the molecule is O[C@@H]1CSCc2c3c(cc(Cl)c21)CCO3. The van der Waals surface area contributed by atoms with Crippen molar-refractivity contribution >= 4 is 23.4 Å². The molecule has 2 nitrogen and oxygen atoms in total. The highest BCUT2D eigenvalue weighted by molar-refractivity contribution is 7.98. The molecule has 0 saturated heterocycles. The van der Waals surface area contributed by atoms with Crippen molar-refractivity contribution in [1.82, 2.24) is 0 Å². The molecule has 0 bridgehead atoms. The van der Waals surface area contributed by atoms with Crippen molar-refractivity contribution in [3.8, 4) is 5.75 Å². The first-order valence-electron chi connectivity index (χ1n) is 5.00. The molecule has 1 aromatic carbocycles. The molecule has 1 atom stereocenters. The van der Waals surface area contributed by atoms with Crippen LogP contribution in [0.15, 0.2) is 6.07 Å². The first-order valence-corrected chi connectivity index (χ1v) is 6.53. The lowest BCUT2D eigenvalue weighted by atomic mass is 9.99. The highest BCUT2D eigenvalue weighted by Crippen LogP contribution is 2.44. The lowest BCUT2D eigenvalue weighted by Crippen LogP contribution is -2.11. The van der Waals surface area contributed by atoms with Gasteiger partial charge in [-0.25, -0.2) is 0 Å². The number of halogens is 1. The number of hydrogen-bond acceptors (Lipinski definition) is 3. The van der Waals surface area contributed by atoms with Gasteiger partial charge in [-0.2, -0.15) is 11.8 Å². The standard InChI is InChI=1S/C11H11ClO2S/c12-8-3-6-1-2-14-11(6)7-4-15-5-9(13)10(7)8/h3,9,13H,1-2,4-5H2/t9-/m1/s1. The maximum absolute atomic E-state index is 9.91. The molecular formula is C11H11ClO2S. The summed E-state index contributed by atoms with van der Waals surface area (Å²) in [6.07, 6.45) is 0.490. The van der Waals surface area contributed by atoms with E-state index in [1.807, 2.05) is 6.07 Å². The summed E-state index contributed by atoms with van der Waals surface area (Å²) in [5.74, 6) is 2.60. The average molecular weight is 243 g/mol. The van der Waals surface area contributed by atoms with Gasteiger partial charge < -0.3 is 9.84 Å². The number of rotatable bonds is 0. The van der Waals surface area contributed by atoms with Crippen LogP contribution in [0.1, 0.15) is 22.8 Å². The van der Waals surface area contributed by atoms with E-state index in [0.29, 0.717) is 5.02 Å². The first kappa shape index (κ1) is 9.82. The number of ether oxygens (including phenoxy) is 1. The minimum absolute atomic E-state index is 0.444. The van der Waals surface area contributed by atoms with Crippen molar-refractivity contribution in [3.05, 3.63) is 27.8 Å². The van der Waals surface area contributed by atoms with E-state index in [4.69, 9.17) is 16.3 Å². The number of benzene rings is 1. The Bertz CT molecular complexity index is 420. The average Bonchev–Trinajstić information content (AvgIpc) is 2.65. The fourth-order valence-electron chi connectivity index (χ4n) is 2.24.